The Morgan fingerprint density at radius 2 is 1.95 bits per heavy atom. The molecule has 5 nitrogen and oxygen atoms in total. The van der Waals surface area contributed by atoms with Crippen LogP contribution in [0.2, 0.25) is 10.0 Å². The van der Waals surface area contributed by atoms with Crippen molar-refractivity contribution in [1.29, 1.82) is 0 Å². The minimum Gasteiger partial charge on any atom is -0.377 e. The molecular formula is C13H14Cl2N4O. The van der Waals surface area contributed by atoms with Gasteiger partial charge in [-0.2, -0.15) is 0 Å². The maximum absolute atomic E-state index is 6.14. The SMILES string of the molecule is CNc1cc(Nc2cccc(Cl)c2Cl)nc(COC)n1. The summed E-state index contributed by atoms with van der Waals surface area (Å²) in [6, 6.07) is 7.14. The zero-order valence-electron chi connectivity index (χ0n) is 11.1. The summed E-state index contributed by atoms with van der Waals surface area (Å²) in [4.78, 5) is 8.63. The van der Waals surface area contributed by atoms with Gasteiger partial charge in [-0.15, -0.1) is 0 Å². The lowest BCUT2D eigenvalue weighted by Gasteiger charge is -2.11. The number of aromatic nitrogens is 2. The molecule has 0 fully saturated rings. The maximum atomic E-state index is 6.14. The molecular weight excluding hydrogens is 299 g/mol. The van der Waals surface area contributed by atoms with Crippen molar-refractivity contribution in [2.75, 3.05) is 24.8 Å². The number of hydrogen-bond acceptors (Lipinski definition) is 5. The molecule has 1 aromatic heterocycles. The number of benzene rings is 1. The van der Waals surface area contributed by atoms with Crippen molar-refractivity contribution < 1.29 is 4.74 Å². The van der Waals surface area contributed by atoms with E-state index in [1.165, 1.54) is 0 Å². The molecule has 7 heteroatoms. The number of anilines is 3. The lowest BCUT2D eigenvalue weighted by atomic mass is 10.3. The molecule has 0 saturated heterocycles. The van der Waals surface area contributed by atoms with Gasteiger partial charge in [0.15, 0.2) is 5.82 Å². The van der Waals surface area contributed by atoms with Crippen LogP contribution in [0.3, 0.4) is 0 Å². The predicted molar refractivity (Wildman–Crippen MR) is 82.0 cm³/mol. The molecule has 0 spiro atoms. The van der Waals surface area contributed by atoms with E-state index in [4.69, 9.17) is 27.9 Å². The van der Waals surface area contributed by atoms with E-state index in [0.29, 0.717) is 39.8 Å². The minimum atomic E-state index is 0.327. The molecule has 0 bridgehead atoms. The van der Waals surface area contributed by atoms with Crippen LogP contribution in [0.4, 0.5) is 17.3 Å². The molecule has 20 heavy (non-hydrogen) atoms. The molecule has 0 amide bonds. The summed E-state index contributed by atoms with van der Waals surface area (Å²) in [5.41, 5.74) is 0.684. The Morgan fingerprint density at radius 3 is 2.65 bits per heavy atom. The fourth-order valence-corrected chi connectivity index (χ4v) is 1.97. The highest BCUT2D eigenvalue weighted by Gasteiger charge is 2.08. The Morgan fingerprint density at radius 1 is 1.20 bits per heavy atom. The highest BCUT2D eigenvalue weighted by Crippen LogP contribution is 2.31. The first-order valence-corrected chi connectivity index (χ1v) is 6.65. The Bertz CT molecular complexity index is 607. The van der Waals surface area contributed by atoms with Gasteiger partial charge in [0.1, 0.15) is 18.2 Å². The molecule has 2 rings (SSSR count). The third-order valence-electron chi connectivity index (χ3n) is 2.52. The van der Waals surface area contributed by atoms with Crippen LogP contribution in [0.1, 0.15) is 5.82 Å². The normalized spacial score (nSPS) is 10.4. The van der Waals surface area contributed by atoms with Gasteiger partial charge in [0.25, 0.3) is 0 Å². The van der Waals surface area contributed by atoms with Gasteiger partial charge in [-0.3, -0.25) is 0 Å². The van der Waals surface area contributed by atoms with Crippen LogP contribution >= 0.6 is 23.2 Å². The number of ether oxygens (including phenoxy) is 1. The number of rotatable bonds is 5. The van der Waals surface area contributed by atoms with Gasteiger partial charge in [-0.25, -0.2) is 9.97 Å². The summed E-state index contributed by atoms with van der Waals surface area (Å²) in [7, 11) is 3.38. The number of nitrogens with zero attached hydrogens (tertiary/aromatic N) is 2. The van der Waals surface area contributed by atoms with Crippen LogP contribution in [0.5, 0.6) is 0 Å². The van der Waals surface area contributed by atoms with Crippen LogP contribution in [0.15, 0.2) is 24.3 Å². The molecule has 0 aliphatic heterocycles. The monoisotopic (exact) mass is 312 g/mol. The van der Waals surface area contributed by atoms with Gasteiger partial charge in [-0.05, 0) is 12.1 Å². The summed E-state index contributed by atoms with van der Waals surface area (Å²) < 4.78 is 5.05. The van der Waals surface area contributed by atoms with E-state index in [0.717, 1.165) is 0 Å². The van der Waals surface area contributed by atoms with Gasteiger partial charge in [-0.1, -0.05) is 29.3 Å². The Hall–Kier alpha value is -1.56. The molecule has 0 radical (unpaired) electrons. The molecule has 1 heterocycles. The van der Waals surface area contributed by atoms with Crippen molar-refractivity contribution in [2.24, 2.45) is 0 Å². The number of hydrogen-bond donors (Lipinski definition) is 2. The molecule has 106 valence electrons. The third kappa shape index (κ3) is 3.50. The van der Waals surface area contributed by atoms with Gasteiger partial charge in [0, 0.05) is 20.2 Å². The predicted octanol–water partition coefficient (Wildman–Crippen LogP) is 3.72. The average molecular weight is 313 g/mol. The lowest BCUT2D eigenvalue weighted by Crippen LogP contribution is -2.04. The van der Waals surface area contributed by atoms with Crippen molar-refractivity contribution in [3.05, 3.63) is 40.1 Å². The Balaban J connectivity index is 2.32. The minimum absolute atomic E-state index is 0.327. The second-order valence-electron chi connectivity index (χ2n) is 3.96. The molecule has 0 saturated carbocycles. The molecule has 1 aromatic carbocycles. The van der Waals surface area contributed by atoms with Gasteiger partial charge in [0.05, 0.1) is 15.7 Å². The van der Waals surface area contributed by atoms with E-state index in [9.17, 15) is 0 Å². The fourth-order valence-electron chi connectivity index (χ4n) is 1.62. The number of nitrogens with one attached hydrogen (secondary N) is 2. The van der Waals surface area contributed by atoms with Crippen LogP contribution in [0, 0.1) is 0 Å². The van der Waals surface area contributed by atoms with Crippen LogP contribution in [-0.4, -0.2) is 24.1 Å². The Labute approximate surface area is 127 Å². The summed E-state index contributed by atoms with van der Waals surface area (Å²) in [5.74, 6) is 1.87. The van der Waals surface area contributed by atoms with E-state index >= 15 is 0 Å². The standard InChI is InChI=1S/C13H14Cl2N4O/c1-16-10-6-11(19-12(18-10)7-20-2)17-9-5-3-4-8(14)13(9)15/h3-6H,7H2,1-2H3,(H2,16,17,18,19). The van der Waals surface area contributed by atoms with E-state index in [1.54, 1.807) is 26.3 Å². The molecule has 0 unspecified atom stereocenters. The summed E-state index contributed by atoms with van der Waals surface area (Å²) in [5, 5.41) is 7.03. The van der Waals surface area contributed by atoms with E-state index in [-0.39, 0.29) is 0 Å². The van der Waals surface area contributed by atoms with Crippen molar-refractivity contribution in [3.63, 3.8) is 0 Å². The smallest absolute Gasteiger partial charge is 0.158 e. The summed E-state index contributed by atoms with van der Waals surface area (Å²) >= 11 is 12.1. The topological polar surface area (TPSA) is 59.1 Å². The summed E-state index contributed by atoms with van der Waals surface area (Å²) in [6.45, 7) is 0.327. The second-order valence-corrected chi connectivity index (χ2v) is 4.75. The lowest BCUT2D eigenvalue weighted by molar-refractivity contribution is 0.178. The highest BCUT2D eigenvalue weighted by atomic mass is 35.5. The van der Waals surface area contributed by atoms with Crippen LogP contribution in [-0.2, 0) is 11.3 Å². The van der Waals surface area contributed by atoms with Gasteiger partial charge >= 0.3 is 0 Å². The zero-order chi connectivity index (χ0) is 14.5. The van der Waals surface area contributed by atoms with E-state index in [1.807, 2.05) is 12.1 Å². The molecule has 2 N–H and O–H groups in total. The number of halogens is 2. The largest absolute Gasteiger partial charge is 0.377 e. The van der Waals surface area contributed by atoms with Crippen molar-refractivity contribution in [1.82, 2.24) is 9.97 Å². The molecule has 0 aliphatic carbocycles. The van der Waals surface area contributed by atoms with Crippen molar-refractivity contribution >= 4 is 40.5 Å². The van der Waals surface area contributed by atoms with Gasteiger partial charge < -0.3 is 15.4 Å². The van der Waals surface area contributed by atoms with Crippen molar-refractivity contribution in [2.45, 2.75) is 6.61 Å². The highest BCUT2D eigenvalue weighted by molar-refractivity contribution is 6.43. The van der Waals surface area contributed by atoms with E-state index < -0.39 is 0 Å². The second kappa shape index (κ2) is 6.74. The molecule has 2 aromatic rings. The van der Waals surface area contributed by atoms with Crippen molar-refractivity contribution in [3.8, 4) is 0 Å². The first-order chi connectivity index (χ1) is 9.63. The molecule has 0 atom stereocenters. The zero-order valence-corrected chi connectivity index (χ0v) is 12.6. The van der Waals surface area contributed by atoms with Crippen LogP contribution in [0.25, 0.3) is 0 Å². The average Bonchev–Trinajstić information content (AvgIpc) is 2.44. The first-order valence-electron chi connectivity index (χ1n) is 5.89. The molecule has 0 aliphatic rings. The first kappa shape index (κ1) is 14.8. The third-order valence-corrected chi connectivity index (χ3v) is 3.34. The Kier molecular flexibility index (Phi) is 5.00. The summed E-state index contributed by atoms with van der Waals surface area (Å²) in [6.07, 6.45) is 0. The van der Waals surface area contributed by atoms with Gasteiger partial charge in [0.2, 0.25) is 0 Å². The van der Waals surface area contributed by atoms with E-state index in [2.05, 4.69) is 20.6 Å². The number of methoxy groups -OCH3 is 1. The van der Waals surface area contributed by atoms with Crippen LogP contribution < -0.4 is 10.6 Å². The quantitative estimate of drug-likeness (QED) is 0.881. The fraction of sp³-hybridized carbons (Fsp3) is 0.231. The maximum Gasteiger partial charge on any atom is 0.158 e.